The number of para-hydroxylation sites is 1. The lowest BCUT2D eigenvalue weighted by atomic mass is 9.85. The number of anilines is 1. The van der Waals surface area contributed by atoms with Gasteiger partial charge in [-0.3, -0.25) is 0 Å². The molecule has 0 unspecified atom stereocenters. The van der Waals surface area contributed by atoms with Crippen molar-refractivity contribution in [1.82, 2.24) is 5.32 Å². The minimum Gasteiger partial charge on any atom is -0.371 e. The molecule has 2 nitrogen and oxygen atoms in total. The molecule has 1 aromatic rings. The minimum absolute atomic E-state index is 0.506. The van der Waals surface area contributed by atoms with Crippen LogP contribution in [-0.4, -0.2) is 26.7 Å². The van der Waals surface area contributed by atoms with Crippen LogP contribution in [0.25, 0.3) is 0 Å². The van der Waals surface area contributed by atoms with E-state index in [1.807, 2.05) is 0 Å². The van der Waals surface area contributed by atoms with Gasteiger partial charge in [-0.15, -0.1) is 0 Å². The molecule has 1 aliphatic carbocycles. The first kappa shape index (κ1) is 13.9. The van der Waals surface area contributed by atoms with Crippen molar-refractivity contribution in [3.8, 4) is 0 Å². The van der Waals surface area contributed by atoms with Crippen LogP contribution in [0.15, 0.2) is 24.3 Å². The van der Waals surface area contributed by atoms with E-state index < -0.39 is 0 Å². The first-order valence-corrected chi connectivity index (χ1v) is 8.30. The summed E-state index contributed by atoms with van der Waals surface area (Å²) in [5.41, 5.74) is 3.57. The highest BCUT2D eigenvalue weighted by molar-refractivity contribution is 5.54. The van der Waals surface area contributed by atoms with Gasteiger partial charge in [-0.05, 0) is 50.8 Å². The molecule has 1 fully saturated rings. The zero-order valence-electron chi connectivity index (χ0n) is 12.8. The topological polar surface area (TPSA) is 15.3 Å². The summed E-state index contributed by atoms with van der Waals surface area (Å²) in [4.78, 5) is 2.69. The summed E-state index contributed by atoms with van der Waals surface area (Å²) in [7, 11) is 2.11. The lowest BCUT2D eigenvalue weighted by Gasteiger charge is -2.37. The molecule has 0 bridgehead atoms. The Morgan fingerprint density at radius 2 is 1.90 bits per heavy atom. The van der Waals surface area contributed by atoms with E-state index in [4.69, 9.17) is 0 Å². The summed E-state index contributed by atoms with van der Waals surface area (Å²) in [5, 5.41) is 3.45. The lowest BCUT2D eigenvalue weighted by Crippen LogP contribution is -2.42. The van der Waals surface area contributed by atoms with Crippen LogP contribution >= 0.6 is 0 Å². The Balaban J connectivity index is 1.82. The zero-order valence-corrected chi connectivity index (χ0v) is 12.8. The van der Waals surface area contributed by atoms with Gasteiger partial charge in [0.25, 0.3) is 0 Å². The average Bonchev–Trinajstić information content (AvgIpc) is 2.82. The Bertz CT molecular complexity index is 435. The van der Waals surface area contributed by atoms with Gasteiger partial charge >= 0.3 is 0 Å². The van der Waals surface area contributed by atoms with E-state index in [2.05, 4.69) is 41.5 Å². The van der Waals surface area contributed by atoms with Crippen LogP contribution in [-0.2, 0) is 6.42 Å². The molecule has 20 heavy (non-hydrogen) atoms. The molecule has 0 saturated heterocycles. The molecule has 2 aliphatic rings. The van der Waals surface area contributed by atoms with Gasteiger partial charge in [0, 0.05) is 30.7 Å². The summed E-state index contributed by atoms with van der Waals surface area (Å²) >= 11 is 0. The van der Waals surface area contributed by atoms with Crippen molar-refractivity contribution in [3.63, 3.8) is 0 Å². The van der Waals surface area contributed by atoms with E-state index in [-0.39, 0.29) is 0 Å². The van der Waals surface area contributed by atoms with Gasteiger partial charge in [0.1, 0.15) is 0 Å². The second kappa shape index (κ2) is 6.17. The molecule has 2 heteroatoms. The van der Waals surface area contributed by atoms with Crippen molar-refractivity contribution in [2.24, 2.45) is 5.41 Å². The predicted molar refractivity (Wildman–Crippen MR) is 86.4 cm³/mol. The van der Waals surface area contributed by atoms with Crippen LogP contribution < -0.4 is 10.2 Å². The molecule has 0 amide bonds. The highest BCUT2D eigenvalue weighted by Gasteiger charge is 2.35. The van der Waals surface area contributed by atoms with Crippen molar-refractivity contribution in [1.29, 1.82) is 0 Å². The number of rotatable bonds is 4. The van der Waals surface area contributed by atoms with Crippen molar-refractivity contribution < 1.29 is 0 Å². The maximum atomic E-state index is 3.45. The quantitative estimate of drug-likeness (QED) is 0.901. The highest BCUT2D eigenvalue weighted by Crippen LogP contribution is 2.40. The van der Waals surface area contributed by atoms with Gasteiger partial charge in [-0.1, -0.05) is 31.0 Å². The first-order valence-electron chi connectivity index (χ1n) is 8.30. The molecule has 0 radical (unpaired) electrons. The smallest absolute Gasteiger partial charge is 0.0398 e. The molecule has 1 aliphatic heterocycles. The summed E-state index contributed by atoms with van der Waals surface area (Å²) < 4.78 is 0. The standard InChI is InChI=1S/C18H28N2/c1-19-14-18(11-5-6-12-18)15-20-13-7-4-9-16-8-2-3-10-17(16)20/h2-3,8,10,19H,4-7,9,11-15H2,1H3. The predicted octanol–water partition coefficient (Wildman–Crippen LogP) is 3.61. The molecule has 3 rings (SSSR count). The molecule has 1 heterocycles. The Labute approximate surface area is 123 Å². The van der Waals surface area contributed by atoms with Gasteiger partial charge in [-0.25, -0.2) is 0 Å². The molecule has 0 atom stereocenters. The Hall–Kier alpha value is -1.02. The number of nitrogens with one attached hydrogen (secondary N) is 1. The van der Waals surface area contributed by atoms with Crippen LogP contribution in [0, 0.1) is 5.41 Å². The van der Waals surface area contributed by atoms with E-state index in [0.29, 0.717) is 5.41 Å². The highest BCUT2D eigenvalue weighted by atomic mass is 15.1. The molecule has 1 aromatic carbocycles. The van der Waals surface area contributed by atoms with Crippen LogP contribution in [0.2, 0.25) is 0 Å². The minimum atomic E-state index is 0.506. The molecule has 0 aromatic heterocycles. The Morgan fingerprint density at radius 3 is 2.70 bits per heavy atom. The van der Waals surface area contributed by atoms with Crippen LogP contribution in [0.5, 0.6) is 0 Å². The third-order valence-corrected chi connectivity index (χ3v) is 5.20. The van der Waals surface area contributed by atoms with E-state index in [9.17, 15) is 0 Å². The summed E-state index contributed by atoms with van der Waals surface area (Å²) in [6, 6.07) is 9.06. The third kappa shape index (κ3) is 2.85. The maximum Gasteiger partial charge on any atom is 0.0398 e. The molecule has 1 N–H and O–H groups in total. The fraction of sp³-hybridized carbons (Fsp3) is 0.667. The Kier molecular flexibility index (Phi) is 4.30. The van der Waals surface area contributed by atoms with E-state index in [1.54, 1.807) is 5.56 Å². The summed E-state index contributed by atoms with van der Waals surface area (Å²) in [6.07, 6.45) is 9.55. The second-order valence-electron chi connectivity index (χ2n) is 6.74. The number of benzene rings is 1. The van der Waals surface area contributed by atoms with Crippen LogP contribution in [0.3, 0.4) is 0 Å². The molecular formula is C18H28N2. The summed E-state index contributed by atoms with van der Waals surface area (Å²) in [5.74, 6) is 0. The van der Waals surface area contributed by atoms with Gasteiger partial charge in [-0.2, -0.15) is 0 Å². The fourth-order valence-corrected chi connectivity index (χ4v) is 4.23. The van der Waals surface area contributed by atoms with E-state index in [0.717, 1.165) is 0 Å². The second-order valence-corrected chi connectivity index (χ2v) is 6.74. The van der Waals surface area contributed by atoms with Gasteiger partial charge < -0.3 is 10.2 Å². The fourth-order valence-electron chi connectivity index (χ4n) is 4.23. The van der Waals surface area contributed by atoms with E-state index >= 15 is 0 Å². The maximum absolute atomic E-state index is 3.45. The normalized spacial score (nSPS) is 21.6. The molecule has 1 saturated carbocycles. The van der Waals surface area contributed by atoms with E-state index in [1.165, 1.54) is 70.3 Å². The SMILES string of the molecule is CNCC1(CN2CCCCc3ccccc32)CCCC1. The van der Waals surface area contributed by atoms with Crippen molar-refractivity contribution >= 4 is 5.69 Å². The molecular weight excluding hydrogens is 244 g/mol. The number of hydrogen-bond acceptors (Lipinski definition) is 2. The first-order chi connectivity index (χ1) is 9.83. The number of hydrogen-bond donors (Lipinski definition) is 1. The van der Waals surface area contributed by atoms with Crippen molar-refractivity contribution in [2.45, 2.75) is 44.9 Å². The lowest BCUT2D eigenvalue weighted by molar-refractivity contribution is 0.290. The molecule has 0 spiro atoms. The van der Waals surface area contributed by atoms with Crippen LogP contribution in [0.1, 0.15) is 44.1 Å². The van der Waals surface area contributed by atoms with Gasteiger partial charge in [0.2, 0.25) is 0 Å². The van der Waals surface area contributed by atoms with Gasteiger partial charge in [0.05, 0.1) is 0 Å². The Morgan fingerprint density at radius 1 is 1.10 bits per heavy atom. The number of fused-ring (bicyclic) bond motifs is 1. The largest absolute Gasteiger partial charge is 0.371 e. The molecule has 110 valence electrons. The zero-order chi connectivity index (χ0) is 13.8. The monoisotopic (exact) mass is 272 g/mol. The third-order valence-electron chi connectivity index (χ3n) is 5.20. The van der Waals surface area contributed by atoms with Crippen molar-refractivity contribution in [3.05, 3.63) is 29.8 Å². The van der Waals surface area contributed by atoms with Gasteiger partial charge in [0.15, 0.2) is 0 Å². The average molecular weight is 272 g/mol. The van der Waals surface area contributed by atoms with Crippen LogP contribution in [0.4, 0.5) is 5.69 Å². The number of nitrogens with zero attached hydrogens (tertiary/aromatic N) is 1. The van der Waals surface area contributed by atoms with Crippen molar-refractivity contribution in [2.75, 3.05) is 31.6 Å². The number of aryl methyl sites for hydroxylation is 1. The summed E-state index contributed by atoms with van der Waals surface area (Å²) in [6.45, 7) is 3.65.